The molecule has 5 nitrogen and oxygen atoms in total. The van der Waals surface area contributed by atoms with Crippen LogP contribution in [0.1, 0.15) is 22.7 Å². The first-order valence-corrected chi connectivity index (χ1v) is 8.01. The van der Waals surface area contributed by atoms with Gasteiger partial charge in [-0.15, -0.1) is 0 Å². The molecule has 1 amide bonds. The second-order valence-electron chi connectivity index (χ2n) is 6.17. The van der Waals surface area contributed by atoms with Gasteiger partial charge in [0.15, 0.2) is 11.5 Å². The first-order chi connectivity index (χ1) is 11.7. The summed E-state index contributed by atoms with van der Waals surface area (Å²) < 4.78 is 10.5. The highest BCUT2D eigenvalue weighted by Crippen LogP contribution is 2.52. The molecule has 2 aromatic rings. The summed E-state index contributed by atoms with van der Waals surface area (Å²) in [5.41, 5.74) is 5.24. The molecule has 2 aromatic carbocycles. The molecule has 124 valence electrons. The van der Waals surface area contributed by atoms with Gasteiger partial charge in [0.2, 0.25) is 0 Å². The summed E-state index contributed by atoms with van der Waals surface area (Å²) in [6.07, 6.45) is 1.11. The van der Waals surface area contributed by atoms with E-state index >= 15 is 0 Å². The highest BCUT2D eigenvalue weighted by Gasteiger charge is 2.39. The Bertz CT molecular complexity index is 830. The van der Waals surface area contributed by atoms with Gasteiger partial charge in [-0.05, 0) is 41.2 Å². The average molecular weight is 325 g/mol. The fourth-order valence-corrected chi connectivity index (χ4v) is 4.03. The molecule has 4 rings (SSSR count). The third-order valence-corrected chi connectivity index (χ3v) is 5.03. The van der Waals surface area contributed by atoms with Gasteiger partial charge >= 0.3 is 6.09 Å². The Hall–Kier alpha value is -2.69. The first-order valence-electron chi connectivity index (χ1n) is 8.01. The summed E-state index contributed by atoms with van der Waals surface area (Å²) in [5.74, 6) is 0.617. The number of rotatable bonds is 1. The van der Waals surface area contributed by atoms with Crippen LogP contribution in [0.2, 0.25) is 0 Å². The van der Waals surface area contributed by atoms with Crippen molar-refractivity contribution in [1.82, 2.24) is 4.90 Å². The summed E-state index contributed by atoms with van der Waals surface area (Å²) in [6.45, 7) is 0.581. The van der Waals surface area contributed by atoms with Gasteiger partial charge in [-0.3, -0.25) is 0 Å². The molecule has 0 saturated carbocycles. The second-order valence-corrected chi connectivity index (χ2v) is 6.17. The summed E-state index contributed by atoms with van der Waals surface area (Å²) in [4.78, 5) is 14.0. The lowest BCUT2D eigenvalue weighted by atomic mass is 9.76. The number of ether oxygens (including phenoxy) is 2. The Morgan fingerprint density at radius 1 is 1.25 bits per heavy atom. The van der Waals surface area contributed by atoms with Crippen LogP contribution in [-0.4, -0.2) is 36.9 Å². The van der Waals surface area contributed by atoms with E-state index < -0.39 is 0 Å². The van der Waals surface area contributed by atoms with Gasteiger partial charge in [-0.2, -0.15) is 0 Å². The Labute approximate surface area is 140 Å². The Balaban J connectivity index is 2.01. The highest BCUT2D eigenvalue weighted by molar-refractivity contribution is 5.84. The van der Waals surface area contributed by atoms with E-state index in [1.165, 1.54) is 7.11 Å². The van der Waals surface area contributed by atoms with E-state index in [-0.39, 0.29) is 17.9 Å². The molecule has 0 unspecified atom stereocenters. The maximum absolute atomic E-state index is 12.2. The highest BCUT2D eigenvalue weighted by atomic mass is 16.5. The van der Waals surface area contributed by atoms with Gasteiger partial charge < -0.3 is 19.5 Å². The lowest BCUT2D eigenvalue weighted by Crippen LogP contribution is -2.42. The molecule has 0 spiro atoms. The van der Waals surface area contributed by atoms with E-state index in [0.29, 0.717) is 18.7 Å². The fourth-order valence-electron chi connectivity index (χ4n) is 4.03. The van der Waals surface area contributed by atoms with Crippen molar-refractivity contribution in [1.29, 1.82) is 0 Å². The molecular formula is C19H19NO4. The van der Waals surface area contributed by atoms with Crippen molar-refractivity contribution in [3.05, 3.63) is 47.0 Å². The quantitative estimate of drug-likeness (QED) is 0.874. The van der Waals surface area contributed by atoms with Crippen molar-refractivity contribution >= 4 is 6.09 Å². The van der Waals surface area contributed by atoms with E-state index in [1.807, 2.05) is 18.2 Å². The summed E-state index contributed by atoms with van der Waals surface area (Å²) >= 11 is 0. The van der Waals surface area contributed by atoms with Crippen LogP contribution >= 0.6 is 0 Å². The number of methoxy groups -OCH3 is 2. The van der Waals surface area contributed by atoms with Crippen molar-refractivity contribution in [2.24, 2.45) is 0 Å². The van der Waals surface area contributed by atoms with Gasteiger partial charge in [0.05, 0.1) is 20.3 Å². The zero-order valence-electron chi connectivity index (χ0n) is 13.7. The predicted octanol–water partition coefficient (Wildman–Crippen LogP) is 3.29. The lowest BCUT2D eigenvalue weighted by molar-refractivity contribution is 0.100. The Kier molecular flexibility index (Phi) is 3.37. The van der Waals surface area contributed by atoms with Gasteiger partial charge in [-0.1, -0.05) is 24.3 Å². The topological polar surface area (TPSA) is 59.0 Å². The summed E-state index contributed by atoms with van der Waals surface area (Å²) in [7, 11) is 2.97. The molecule has 0 fully saturated rings. The van der Waals surface area contributed by atoms with E-state index in [4.69, 9.17) is 9.47 Å². The number of benzene rings is 2. The smallest absolute Gasteiger partial charge is 0.410 e. The van der Waals surface area contributed by atoms with Crippen LogP contribution in [0.4, 0.5) is 4.79 Å². The van der Waals surface area contributed by atoms with Crippen molar-refractivity contribution in [2.75, 3.05) is 20.8 Å². The first kappa shape index (κ1) is 14.9. The summed E-state index contributed by atoms with van der Waals surface area (Å²) in [6, 6.07) is 9.75. The van der Waals surface area contributed by atoms with Gasteiger partial charge in [0.25, 0.3) is 0 Å². The zero-order chi connectivity index (χ0) is 16.8. The number of phenolic OH excluding ortho intramolecular Hbond substituents is 1. The second kappa shape index (κ2) is 5.44. The number of hydrogen-bond acceptors (Lipinski definition) is 4. The molecule has 1 aliphatic carbocycles. The van der Waals surface area contributed by atoms with Crippen LogP contribution in [-0.2, 0) is 17.6 Å². The van der Waals surface area contributed by atoms with Crippen LogP contribution < -0.4 is 4.74 Å². The lowest BCUT2D eigenvalue weighted by Gasteiger charge is -2.41. The van der Waals surface area contributed by atoms with Crippen LogP contribution in [0.3, 0.4) is 0 Å². The van der Waals surface area contributed by atoms with Crippen molar-refractivity contribution in [3.63, 3.8) is 0 Å². The minimum Gasteiger partial charge on any atom is -0.504 e. The molecule has 1 atom stereocenters. The molecule has 1 aliphatic heterocycles. The molecule has 2 aliphatic rings. The number of carbonyl (C=O) groups excluding carboxylic acids is 1. The molecule has 1 N–H and O–H groups in total. The minimum absolute atomic E-state index is 0.0967. The molecule has 0 saturated heterocycles. The van der Waals surface area contributed by atoms with Crippen molar-refractivity contribution in [2.45, 2.75) is 18.9 Å². The Morgan fingerprint density at radius 2 is 2.04 bits per heavy atom. The van der Waals surface area contributed by atoms with E-state index in [2.05, 4.69) is 6.07 Å². The monoisotopic (exact) mass is 325 g/mol. The third-order valence-electron chi connectivity index (χ3n) is 5.03. The van der Waals surface area contributed by atoms with Gasteiger partial charge in [0, 0.05) is 12.1 Å². The van der Waals surface area contributed by atoms with Crippen molar-refractivity contribution < 1.29 is 19.4 Å². The van der Waals surface area contributed by atoms with E-state index in [0.717, 1.165) is 34.2 Å². The van der Waals surface area contributed by atoms with E-state index in [1.54, 1.807) is 18.1 Å². The standard InChI is InChI=1S/C19H19NO4/c1-23-18-15(21)10-12-7-8-20(19(22)24-2)14-9-11-5-3-4-6-13(11)17(18)16(12)14/h3-6,10,14,21H,7-9H2,1-2H3/t14-/m1/s1. The van der Waals surface area contributed by atoms with Gasteiger partial charge in [-0.25, -0.2) is 4.79 Å². The van der Waals surface area contributed by atoms with Crippen LogP contribution in [0.15, 0.2) is 30.3 Å². The zero-order valence-corrected chi connectivity index (χ0v) is 13.7. The maximum atomic E-state index is 12.2. The SMILES string of the molecule is COC(=O)N1CCc2cc(O)c(OC)c3c2[C@H]1Cc1ccccc1-3. The number of fused-ring (bicyclic) bond motifs is 2. The molecule has 0 bridgehead atoms. The third kappa shape index (κ3) is 1.97. The maximum Gasteiger partial charge on any atom is 0.410 e. The number of nitrogens with zero attached hydrogens (tertiary/aromatic N) is 1. The molecular weight excluding hydrogens is 306 g/mol. The van der Waals surface area contributed by atoms with Crippen LogP contribution in [0.25, 0.3) is 11.1 Å². The molecule has 0 aromatic heterocycles. The van der Waals surface area contributed by atoms with Gasteiger partial charge in [0.1, 0.15) is 0 Å². The number of aromatic hydroxyl groups is 1. The minimum atomic E-state index is -0.317. The largest absolute Gasteiger partial charge is 0.504 e. The van der Waals surface area contributed by atoms with Crippen LogP contribution in [0, 0.1) is 0 Å². The predicted molar refractivity (Wildman–Crippen MR) is 89.4 cm³/mol. The Morgan fingerprint density at radius 3 is 2.79 bits per heavy atom. The fraction of sp³-hybridized carbons (Fsp3) is 0.316. The average Bonchev–Trinajstić information content (AvgIpc) is 2.61. The molecule has 5 heteroatoms. The van der Waals surface area contributed by atoms with Crippen molar-refractivity contribution in [3.8, 4) is 22.6 Å². The molecule has 0 radical (unpaired) electrons. The molecule has 24 heavy (non-hydrogen) atoms. The van der Waals surface area contributed by atoms with E-state index in [9.17, 15) is 9.90 Å². The number of carbonyl (C=O) groups is 1. The number of hydrogen-bond donors (Lipinski definition) is 1. The van der Waals surface area contributed by atoms with Crippen LogP contribution in [0.5, 0.6) is 11.5 Å². The summed E-state index contributed by atoms with van der Waals surface area (Å²) in [5, 5.41) is 10.4. The molecule has 1 heterocycles. The number of phenols is 1. The normalized spacial score (nSPS) is 17.8. The number of amides is 1.